The Bertz CT molecular complexity index is 720. The minimum atomic E-state index is 0.102. The Labute approximate surface area is 140 Å². The van der Waals surface area contributed by atoms with Crippen LogP contribution in [-0.4, -0.2) is 51.8 Å². The van der Waals surface area contributed by atoms with Crippen LogP contribution in [0.15, 0.2) is 5.38 Å². The molecule has 0 atom stereocenters. The van der Waals surface area contributed by atoms with Crippen molar-refractivity contribution in [2.24, 2.45) is 7.05 Å². The van der Waals surface area contributed by atoms with E-state index in [4.69, 9.17) is 0 Å². The molecule has 23 heavy (non-hydrogen) atoms. The number of aryl methyl sites for hydroxylation is 3. The van der Waals surface area contributed by atoms with E-state index in [1.54, 1.807) is 16.0 Å². The van der Waals surface area contributed by atoms with Crippen LogP contribution >= 0.6 is 11.3 Å². The van der Waals surface area contributed by atoms with Crippen LogP contribution in [0, 0.1) is 20.8 Å². The van der Waals surface area contributed by atoms with Crippen molar-refractivity contribution >= 4 is 22.4 Å². The second-order valence-electron chi connectivity index (χ2n) is 6.07. The number of anilines is 1. The first kappa shape index (κ1) is 16.0. The zero-order chi connectivity index (χ0) is 16.6. The molecule has 1 aliphatic rings. The van der Waals surface area contributed by atoms with E-state index in [9.17, 15) is 4.79 Å². The van der Waals surface area contributed by atoms with Gasteiger partial charge in [0.15, 0.2) is 5.13 Å². The predicted octanol–water partition coefficient (Wildman–Crippen LogP) is 2.15. The highest BCUT2D eigenvalue weighted by molar-refractivity contribution is 7.13. The van der Waals surface area contributed by atoms with Gasteiger partial charge in [0.05, 0.1) is 17.0 Å². The first-order chi connectivity index (χ1) is 11.0. The van der Waals surface area contributed by atoms with Crippen LogP contribution in [0.4, 0.5) is 5.13 Å². The lowest BCUT2D eigenvalue weighted by Crippen LogP contribution is -2.35. The van der Waals surface area contributed by atoms with Crippen LogP contribution in [0.25, 0.3) is 0 Å². The number of hydrogen-bond acceptors (Lipinski definition) is 5. The normalized spacial score (nSPS) is 15.8. The van der Waals surface area contributed by atoms with Gasteiger partial charge < -0.3 is 9.80 Å². The predicted molar refractivity (Wildman–Crippen MR) is 92.3 cm³/mol. The monoisotopic (exact) mass is 333 g/mol. The summed E-state index contributed by atoms with van der Waals surface area (Å²) in [6.45, 7) is 9.16. The van der Waals surface area contributed by atoms with E-state index in [1.165, 1.54) is 0 Å². The fraction of sp³-hybridized carbons (Fsp3) is 0.562. The maximum atomic E-state index is 12.9. The largest absolute Gasteiger partial charge is 0.346 e. The topological polar surface area (TPSA) is 54.3 Å². The van der Waals surface area contributed by atoms with E-state index in [-0.39, 0.29) is 5.91 Å². The van der Waals surface area contributed by atoms with E-state index >= 15 is 0 Å². The molecule has 124 valence electrons. The summed E-state index contributed by atoms with van der Waals surface area (Å²) in [5.41, 5.74) is 3.56. The number of aromatic nitrogens is 3. The number of thiazole rings is 1. The van der Waals surface area contributed by atoms with Gasteiger partial charge >= 0.3 is 0 Å². The summed E-state index contributed by atoms with van der Waals surface area (Å²) in [6.07, 6.45) is 0.961. The molecule has 0 saturated carbocycles. The Hall–Kier alpha value is -1.89. The summed E-state index contributed by atoms with van der Waals surface area (Å²) in [7, 11) is 1.88. The van der Waals surface area contributed by atoms with Crippen molar-refractivity contribution in [2.75, 3.05) is 31.1 Å². The van der Waals surface area contributed by atoms with Crippen LogP contribution in [-0.2, 0) is 7.05 Å². The zero-order valence-electron chi connectivity index (χ0n) is 14.2. The maximum absolute atomic E-state index is 12.9. The van der Waals surface area contributed by atoms with Crippen LogP contribution in [0.3, 0.4) is 0 Å². The third-order valence-electron chi connectivity index (χ3n) is 4.38. The SMILES string of the molecule is Cc1csc(N2CCCN(C(=O)c3c(C)nn(C)c3C)CC2)n1. The van der Waals surface area contributed by atoms with E-state index in [1.807, 2.05) is 32.7 Å². The number of rotatable bonds is 2. The zero-order valence-corrected chi connectivity index (χ0v) is 15.0. The molecular formula is C16H23N5OS. The molecule has 0 spiro atoms. The van der Waals surface area contributed by atoms with Crippen LogP contribution < -0.4 is 4.90 Å². The van der Waals surface area contributed by atoms with Crippen LogP contribution in [0.2, 0.25) is 0 Å². The van der Waals surface area contributed by atoms with Gasteiger partial charge in [0, 0.05) is 44.3 Å². The average molecular weight is 333 g/mol. The lowest BCUT2D eigenvalue weighted by atomic mass is 10.1. The molecule has 0 N–H and O–H groups in total. The van der Waals surface area contributed by atoms with E-state index in [0.717, 1.165) is 60.4 Å². The quantitative estimate of drug-likeness (QED) is 0.845. The Balaban J connectivity index is 1.74. The third kappa shape index (κ3) is 3.10. The molecule has 0 aliphatic carbocycles. The molecule has 3 heterocycles. The maximum Gasteiger partial charge on any atom is 0.257 e. The molecule has 1 fully saturated rings. The van der Waals surface area contributed by atoms with E-state index in [0.29, 0.717) is 0 Å². The lowest BCUT2D eigenvalue weighted by Gasteiger charge is -2.22. The van der Waals surface area contributed by atoms with E-state index < -0.39 is 0 Å². The Kier molecular flexibility index (Phi) is 4.39. The molecule has 1 amide bonds. The number of carbonyl (C=O) groups excluding carboxylic acids is 1. The molecular weight excluding hydrogens is 310 g/mol. The molecule has 6 nitrogen and oxygen atoms in total. The van der Waals surface area contributed by atoms with Gasteiger partial charge in [-0.25, -0.2) is 4.98 Å². The van der Waals surface area contributed by atoms with Gasteiger partial charge in [-0.2, -0.15) is 5.10 Å². The molecule has 2 aromatic heterocycles. The molecule has 1 saturated heterocycles. The lowest BCUT2D eigenvalue weighted by molar-refractivity contribution is 0.0765. The first-order valence-corrected chi connectivity index (χ1v) is 8.82. The number of carbonyl (C=O) groups is 1. The first-order valence-electron chi connectivity index (χ1n) is 7.94. The molecule has 0 bridgehead atoms. The highest BCUT2D eigenvalue weighted by Gasteiger charge is 2.25. The summed E-state index contributed by atoms with van der Waals surface area (Å²) in [6, 6.07) is 0. The molecule has 0 radical (unpaired) electrons. The van der Waals surface area contributed by atoms with Gasteiger partial charge in [-0.05, 0) is 27.2 Å². The Morgan fingerprint density at radius 2 is 1.96 bits per heavy atom. The summed E-state index contributed by atoms with van der Waals surface area (Å²) in [5, 5.41) is 7.50. The standard InChI is InChI=1S/C16H23N5OS/c1-11-10-23-16(17-11)21-7-5-6-20(8-9-21)15(22)14-12(2)18-19(4)13(14)3/h10H,5-9H2,1-4H3. The summed E-state index contributed by atoms with van der Waals surface area (Å²) in [4.78, 5) is 21.7. The minimum absolute atomic E-state index is 0.102. The molecule has 0 aromatic carbocycles. The van der Waals surface area contributed by atoms with Crippen LogP contribution in [0.1, 0.15) is 33.9 Å². The highest BCUT2D eigenvalue weighted by atomic mass is 32.1. The fourth-order valence-corrected chi connectivity index (χ4v) is 3.90. The van der Waals surface area contributed by atoms with Crippen molar-refractivity contribution in [2.45, 2.75) is 27.2 Å². The Morgan fingerprint density at radius 3 is 2.57 bits per heavy atom. The van der Waals surface area contributed by atoms with Gasteiger partial charge in [0.1, 0.15) is 0 Å². The fourth-order valence-electron chi connectivity index (χ4n) is 3.04. The smallest absolute Gasteiger partial charge is 0.257 e. The van der Waals surface area contributed by atoms with Crippen molar-refractivity contribution < 1.29 is 4.79 Å². The van der Waals surface area contributed by atoms with Crippen molar-refractivity contribution in [1.29, 1.82) is 0 Å². The minimum Gasteiger partial charge on any atom is -0.346 e. The number of amides is 1. The molecule has 1 aliphatic heterocycles. The molecule has 7 heteroatoms. The van der Waals surface area contributed by atoms with Gasteiger partial charge in [0.2, 0.25) is 0 Å². The summed E-state index contributed by atoms with van der Waals surface area (Å²) < 4.78 is 1.78. The average Bonchev–Trinajstić information content (AvgIpc) is 2.93. The molecule has 0 unspecified atom stereocenters. The second kappa shape index (κ2) is 6.31. The second-order valence-corrected chi connectivity index (χ2v) is 6.91. The highest BCUT2D eigenvalue weighted by Crippen LogP contribution is 2.22. The van der Waals surface area contributed by atoms with Crippen molar-refractivity contribution in [3.8, 4) is 0 Å². The Morgan fingerprint density at radius 1 is 1.17 bits per heavy atom. The number of nitrogens with zero attached hydrogens (tertiary/aromatic N) is 5. The van der Waals surface area contributed by atoms with Crippen molar-refractivity contribution in [3.63, 3.8) is 0 Å². The summed E-state index contributed by atoms with van der Waals surface area (Å²) >= 11 is 1.68. The molecule has 2 aromatic rings. The van der Waals surface area contributed by atoms with Crippen molar-refractivity contribution in [3.05, 3.63) is 28.0 Å². The van der Waals surface area contributed by atoms with Crippen LogP contribution in [0.5, 0.6) is 0 Å². The van der Waals surface area contributed by atoms with Gasteiger partial charge in [-0.15, -0.1) is 11.3 Å². The summed E-state index contributed by atoms with van der Waals surface area (Å²) in [5.74, 6) is 0.102. The molecule has 3 rings (SSSR count). The van der Waals surface area contributed by atoms with Crippen molar-refractivity contribution in [1.82, 2.24) is 19.7 Å². The van der Waals surface area contributed by atoms with E-state index in [2.05, 4.69) is 20.4 Å². The van der Waals surface area contributed by atoms with Gasteiger partial charge in [-0.1, -0.05) is 0 Å². The third-order valence-corrected chi connectivity index (χ3v) is 5.40. The van der Waals surface area contributed by atoms with Gasteiger partial charge in [0.25, 0.3) is 5.91 Å². The van der Waals surface area contributed by atoms with Gasteiger partial charge in [-0.3, -0.25) is 9.48 Å². The number of hydrogen-bond donors (Lipinski definition) is 0.